The Morgan fingerprint density at radius 1 is 1.32 bits per heavy atom. The van der Waals surface area contributed by atoms with Crippen LogP contribution in [-0.4, -0.2) is 15.9 Å². The van der Waals surface area contributed by atoms with Gasteiger partial charge in [0.2, 0.25) is 5.76 Å². The van der Waals surface area contributed by atoms with Crippen molar-refractivity contribution in [2.24, 2.45) is 0 Å². The van der Waals surface area contributed by atoms with Crippen molar-refractivity contribution in [2.45, 2.75) is 6.61 Å². The molecule has 3 aromatic rings. The van der Waals surface area contributed by atoms with Crippen LogP contribution in [-0.2, 0) is 11.3 Å². The third-order valence-corrected chi connectivity index (χ3v) is 2.76. The Hall–Kier alpha value is -2.27. The average Bonchev–Trinajstić information content (AvgIpc) is 3.01. The third kappa shape index (κ3) is 2.46. The molecule has 0 atom stereocenters. The van der Waals surface area contributed by atoms with Crippen LogP contribution in [0.3, 0.4) is 0 Å². The van der Waals surface area contributed by atoms with Gasteiger partial charge in [0.15, 0.2) is 5.22 Å². The standard InChI is InChI=1S/C13H9ClN2O3/c14-11-6-5-10(19-11)13(17)18-7-12-15-8-3-1-2-4-9(8)16-12/h1-6H,7H2,(H,15,16). The first-order chi connectivity index (χ1) is 9.22. The summed E-state index contributed by atoms with van der Waals surface area (Å²) in [5.41, 5.74) is 1.73. The van der Waals surface area contributed by atoms with Gasteiger partial charge in [-0.05, 0) is 35.9 Å². The lowest BCUT2D eigenvalue weighted by atomic mass is 10.3. The molecular formula is C13H9ClN2O3. The maximum Gasteiger partial charge on any atom is 0.374 e. The number of H-pyrrole nitrogens is 1. The Balaban J connectivity index is 1.70. The fourth-order valence-corrected chi connectivity index (χ4v) is 1.85. The summed E-state index contributed by atoms with van der Waals surface area (Å²) in [6.45, 7) is 0.0475. The van der Waals surface area contributed by atoms with Gasteiger partial charge in [0.25, 0.3) is 0 Å². The minimum atomic E-state index is -0.577. The number of fused-ring (bicyclic) bond motifs is 1. The second kappa shape index (κ2) is 4.78. The van der Waals surface area contributed by atoms with E-state index in [4.69, 9.17) is 20.8 Å². The van der Waals surface area contributed by atoms with Crippen LogP contribution in [0.5, 0.6) is 0 Å². The number of hydrogen-bond acceptors (Lipinski definition) is 4. The maximum atomic E-state index is 11.6. The number of halogens is 1. The number of carbonyl (C=O) groups excluding carboxylic acids is 1. The SMILES string of the molecule is O=C(OCc1nc2ccccc2[nH]1)c1ccc(Cl)o1. The normalized spacial score (nSPS) is 10.8. The third-order valence-electron chi connectivity index (χ3n) is 2.55. The van der Waals surface area contributed by atoms with E-state index in [-0.39, 0.29) is 17.6 Å². The molecule has 2 heterocycles. The van der Waals surface area contributed by atoms with E-state index in [0.717, 1.165) is 11.0 Å². The number of nitrogens with zero attached hydrogens (tertiary/aromatic N) is 1. The van der Waals surface area contributed by atoms with Gasteiger partial charge in [-0.25, -0.2) is 9.78 Å². The van der Waals surface area contributed by atoms with Gasteiger partial charge in [0.05, 0.1) is 11.0 Å². The Morgan fingerprint density at radius 3 is 2.89 bits per heavy atom. The van der Waals surface area contributed by atoms with E-state index in [9.17, 15) is 4.79 Å². The highest BCUT2D eigenvalue weighted by molar-refractivity contribution is 6.29. The van der Waals surface area contributed by atoms with E-state index >= 15 is 0 Å². The first-order valence-electron chi connectivity index (χ1n) is 5.58. The highest BCUT2D eigenvalue weighted by Crippen LogP contribution is 2.15. The number of furan rings is 1. The van der Waals surface area contributed by atoms with Gasteiger partial charge in [-0.1, -0.05) is 12.1 Å². The van der Waals surface area contributed by atoms with Gasteiger partial charge in [-0.15, -0.1) is 0 Å². The van der Waals surface area contributed by atoms with Crippen molar-refractivity contribution in [1.29, 1.82) is 0 Å². The Kier molecular flexibility index (Phi) is 2.97. The molecule has 0 unspecified atom stereocenters. The summed E-state index contributed by atoms with van der Waals surface area (Å²) in [4.78, 5) is 19.0. The predicted molar refractivity (Wildman–Crippen MR) is 68.9 cm³/mol. The lowest BCUT2D eigenvalue weighted by molar-refractivity contribution is 0.0427. The summed E-state index contributed by atoms with van der Waals surface area (Å²) >= 11 is 5.58. The van der Waals surface area contributed by atoms with E-state index in [2.05, 4.69) is 9.97 Å². The van der Waals surface area contributed by atoms with Gasteiger partial charge in [0, 0.05) is 0 Å². The number of benzene rings is 1. The molecule has 0 aliphatic carbocycles. The minimum absolute atomic E-state index is 0.0475. The van der Waals surface area contributed by atoms with Crippen LogP contribution in [0.25, 0.3) is 11.0 Å². The van der Waals surface area contributed by atoms with Crippen LogP contribution in [0, 0.1) is 0 Å². The number of carbonyl (C=O) groups is 1. The fourth-order valence-electron chi connectivity index (χ4n) is 1.70. The molecular weight excluding hydrogens is 268 g/mol. The van der Waals surface area contributed by atoms with Crippen molar-refractivity contribution >= 4 is 28.6 Å². The molecule has 3 rings (SSSR count). The summed E-state index contributed by atoms with van der Waals surface area (Å²) in [5, 5.41) is 0.149. The molecule has 0 spiro atoms. The van der Waals surface area contributed by atoms with E-state index in [0.29, 0.717) is 5.82 Å². The zero-order valence-corrected chi connectivity index (χ0v) is 10.5. The Morgan fingerprint density at radius 2 is 2.16 bits per heavy atom. The fraction of sp³-hybridized carbons (Fsp3) is 0.0769. The van der Waals surface area contributed by atoms with Gasteiger partial charge in [-0.3, -0.25) is 0 Å². The van der Waals surface area contributed by atoms with Crippen LogP contribution in [0.1, 0.15) is 16.4 Å². The second-order valence-electron chi connectivity index (χ2n) is 3.88. The zero-order valence-electron chi connectivity index (χ0n) is 9.72. The summed E-state index contributed by atoms with van der Waals surface area (Å²) < 4.78 is 10.0. The molecule has 0 saturated carbocycles. The molecule has 1 N–H and O–H groups in total. The van der Waals surface area contributed by atoms with Gasteiger partial charge in [0.1, 0.15) is 12.4 Å². The number of imidazole rings is 1. The topological polar surface area (TPSA) is 68.1 Å². The summed E-state index contributed by atoms with van der Waals surface area (Å²) in [6.07, 6.45) is 0. The lowest BCUT2D eigenvalue weighted by Crippen LogP contribution is -2.04. The number of ether oxygens (including phenoxy) is 1. The monoisotopic (exact) mass is 276 g/mol. The largest absolute Gasteiger partial charge is 0.452 e. The Labute approximate surface area is 113 Å². The number of hydrogen-bond donors (Lipinski definition) is 1. The lowest BCUT2D eigenvalue weighted by Gasteiger charge is -1.99. The van der Waals surface area contributed by atoms with E-state index in [1.165, 1.54) is 12.1 Å². The molecule has 19 heavy (non-hydrogen) atoms. The van der Waals surface area contributed by atoms with Crippen molar-refractivity contribution in [3.05, 3.63) is 53.2 Å². The summed E-state index contributed by atoms with van der Waals surface area (Å²) in [7, 11) is 0. The number of aromatic amines is 1. The Bertz CT molecular complexity index is 699. The molecule has 6 heteroatoms. The van der Waals surface area contributed by atoms with Crippen molar-refractivity contribution < 1.29 is 13.9 Å². The number of esters is 1. The van der Waals surface area contributed by atoms with Gasteiger partial charge in [-0.2, -0.15) is 0 Å². The first kappa shape index (κ1) is 11.8. The molecule has 1 aromatic carbocycles. The minimum Gasteiger partial charge on any atom is -0.452 e. The molecule has 5 nitrogen and oxygen atoms in total. The molecule has 0 bridgehead atoms. The molecule has 96 valence electrons. The highest BCUT2D eigenvalue weighted by atomic mass is 35.5. The van der Waals surface area contributed by atoms with E-state index in [1.54, 1.807) is 0 Å². The molecule has 2 aromatic heterocycles. The van der Waals surface area contributed by atoms with Crippen LogP contribution >= 0.6 is 11.6 Å². The van der Waals surface area contributed by atoms with E-state index in [1.807, 2.05) is 24.3 Å². The molecule has 0 amide bonds. The number of para-hydroxylation sites is 2. The van der Waals surface area contributed by atoms with Crippen molar-refractivity contribution in [3.8, 4) is 0 Å². The summed E-state index contributed by atoms with van der Waals surface area (Å²) in [6, 6.07) is 10.5. The van der Waals surface area contributed by atoms with Gasteiger partial charge >= 0.3 is 5.97 Å². The van der Waals surface area contributed by atoms with Crippen LogP contribution in [0.15, 0.2) is 40.8 Å². The van der Waals surface area contributed by atoms with Crippen molar-refractivity contribution in [2.75, 3.05) is 0 Å². The van der Waals surface area contributed by atoms with E-state index < -0.39 is 5.97 Å². The smallest absolute Gasteiger partial charge is 0.374 e. The van der Waals surface area contributed by atoms with Gasteiger partial charge < -0.3 is 14.1 Å². The average molecular weight is 277 g/mol. The van der Waals surface area contributed by atoms with Crippen LogP contribution in [0.4, 0.5) is 0 Å². The van der Waals surface area contributed by atoms with Crippen molar-refractivity contribution in [3.63, 3.8) is 0 Å². The zero-order chi connectivity index (χ0) is 13.2. The molecule has 0 aliphatic heterocycles. The highest BCUT2D eigenvalue weighted by Gasteiger charge is 2.13. The molecule has 0 radical (unpaired) electrons. The first-order valence-corrected chi connectivity index (χ1v) is 5.96. The number of rotatable bonds is 3. The predicted octanol–water partition coefficient (Wildman–Crippen LogP) is 3.17. The molecule has 0 aliphatic rings. The number of aromatic nitrogens is 2. The maximum absolute atomic E-state index is 11.6. The summed E-state index contributed by atoms with van der Waals surface area (Å²) in [5.74, 6) is 0.0701. The molecule has 0 fully saturated rings. The van der Waals surface area contributed by atoms with Crippen LogP contribution < -0.4 is 0 Å². The van der Waals surface area contributed by atoms with Crippen molar-refractivity contribution in [1.82, 2.24) is 9.97 Å². The molecule has 0 saturated heterocycles. The number of nitrogens with one attached hydrogen (secondary N) is 1. The second-order valence-corrected chi connectivity index (χ2v) is 4.25. The van der Waals surface area contributed by atoms with Crippen LogP contribution in [0.2, 0.25) is 5.22 Å². The quantitative estimate of drug-likeness (QED) is 0.746.